The summed E-state index contributed by atoms with van der Waals surface area (Å²) in [5, 5.41) is 12.0. The van der Waals surface area contributed by atoms with Crippen LogP contribution in [0, 0.1) is 0 Å². The average molecular weight is 314 g/mol. The van der Waals surface area contributed by atoms with Crippen molar-refractivity contribution in [3.8, 4) is 0 Å². The summed E-state index contributed by atoms with van der Waals surface area (Å²) in [5.74, 6) is 0.877. The summed E-state index contributed by atoms with van der Waals surface area (Å²) in [6.45, 7) is 2.58. The van der Waals surface area contributed by atoms with Gasteiger partial charge in [0.25, 0.3) is 0 Å². The first-order valence-electron chi connectivity index (χ1n) is 8.21. The van der Waals surface area contributed by atoms with Gasteiger partial charge in [-0.25, -0.2) is 9.97 Å². The summed E-state index contributed by atoms with van der Waals surface area (Å²) >= 11 is 0. The normalized spacial score (nSPS) is 14.9. The number of piperidine rings is 1. The number of aliphatic carboxylic acids is 1. The Labute approximate surface area is 135 Å². The molecule has 6 nitrogen and oxygen atoms in total. The predicted molar refractivity (Wildman–Crippen MR) is 91.0 cm³/mol. The van der Waals surface area contributed by atoms with Crippen LogP contribution in [0.2, 0.25) is 0 Å². The van der Waals surface area contributed by atoms with Crippen LogP contribution in [0.4, 0.5) is 11.6 Å². The van der Waals surface area contributed by atoms with Gasteiger partial charge in [-0.05, 0) is 37.8 Å². The monoisotopic (exact) mass is 314 g/mol. The summed E-state index contributed by atoms with van der Waals surface area (Å²) in [5.41, 5.74) is 1.75. The zero-order valence-corrected chi connectivity index (χ0v) is 13.2. The van der Waals surface area contributed by atoms with Gasteiger partial charge in [-0.1, -0.05) is 12.1 Å². The fourth-order valence-electron chi connectivity index (χ4n) is 2.88. The van der Waals surface area contributed by atoms with E-state index in [1.54, 1.807) is 0 Å². The van der Waals surface area contributed by atoms with E-state index in [-0.39, 0.29) is 6.42 Å². The Balaban J connectivity index is 1.84. The summed E-state index contributed by atoms with van der Waals surface area (Å²) < 4.78 is 0. The molecule has 2 heterocycles. The molecule has 0 amide bonds. The number of fused-ring (bicyclic) bond motifs is 1. The third kappa shape index (κ3) is 3.88. The zero-order chi connectivity index (χ0) is 16.1. The summed E-state index contributed by atoms with van der Waals surface area (Å²) in [4.78, 5) is 22.4. The van der Waals surface area contributed by atoms with Crippen LogP contribution in [0.5, 0.6) is 0 Å². The molecule has 1 aromatic heterocycles. The maximum absolute atomic E-state index is 10.6. The van der Waals surface area contributed by atoms with Crippen molar-refractivity contribution in [2.24, 2.45) is 0 Å². The van der Waals surface area contributed by atoms with Crippen LogP contribution in [0.3, 0.4) is 0 Å². The Morgan fingerprint density at radius 2 is 1.83 bits per heavy atom. The van der Waals surface area contributed by atoms with Crippen molar-refractivity contribution in [2.45, 2.75) is 32.1 Å². The van der Waals surface area contributed by atoms with Crippen molar-refractivity contribution in [1.82, 2.24) is 9.97 Å². The van der Waals surface area contributed by atoms with Gasteiger partial charge >= 0.3 is 5.97 Å². The molecule has 3 rings (SSSR count). The Bertz CT molecular complexity index is 683. The first kappa shape index (κ1) is 15.5. The smallest absolute Gasteiger partial charge is 0.303 e. The van der Waals surface area contributed by atoms with Crippen LogP contribution < -0.4 is 10.2 Å². The van der Waals surface area contributed by atoms with Crippen LogP contribution in [0.25, 0.3) is 11.0 Å². The number of para-hydroxylation sites is 2. The number of rotatable bonds is 6. The van der Waals surface area contributed by atoms with Crippen LogP contribution in [0.1, 0.15) is 32.1 Å². The third-order valence-electron chi connectivity index (χ3n) is 4.07. The number of anilines is 2. The molecule has 122 valence electrons. The van der Waals surface area contributed by atoms with Gasteiger partial charge in [-0.2, -0.15) is 0 Å². The third-order valence-corrected chi connectivity index (χ3v) is 4.07. The van der Waals surface area contributed by atoms with Crippen LogP contribution in [-0.4, -0.2) is 40.7 Å². The molecular weight excluding hydrogens is 292 g/mol. The van der Waals surface area contributed by atoms with Crippen molar-refractivity contribution in [3.05, 3.63) is 24.3 Å². The maximum atomic E-state index is 10.6. The molecule has 2 aromatic rings. The topological polar surface area (TPSA) is 78.3 Å². The van der Waals surface area contributed by atoms with Crippen molar-refractivity contribution >= 4 is 28.6 Å². The highest BCUT2D eigenvalue weighted by molar-refractivity contribution is 5.80. The number of hydrogen-bond donors (Lipinski definition) is 2. The van der Waals surface area contributed by atoms with Gasteiger partial charge in [0.1, 0.15) is 0 Å². The van der Waals surface area contributed by atoms with Crippen molar-refractivity contribution < 1.29 is 9.90 Å². The fraction of sp³-hybridized carbons (Fsp3) is 0.471. The molecule has 0 radical (unpaired) electrons. The van der Waals surface area contributed by atoms with Gasteiger partial charge in [0.05, 0.1) is 11.0 Å². The molecule has 0 bridgehead atoms. The number of benzene rings is 1. The lowest BCUT2D eigenvalue weighted by atomic mass is 10.1. The average Bonchev–Trinajstić information content (AvgIpc) is 2.58. The maximum Gasteiger partial charge on any atom is 0.303 e. The SMILES string of the molecule is O=C(O)CCCNc1nc2ccccc2nc1N1CCCCC1. The second-order valence-corrected chi connectivity index (χ2v) is 5.86. The Hall–Kier alpha value is -2.37. The summed E-state index contributed by atoms with van der Waals surface area (Å²) in [6, 6.07) is 7.84. The van der Waals surface area contributed by atoms with Crippen LogP contribution in [-0.2, 0) is 4.79 Å². The highest BCUT2D eigenvalue weighted by atomic mass is 16.4. The summed E-state index contributed by atoms with van der Waals surface area (Å²) in [7, 11) is 0. The van der Waals surface area contributed by atoms with Gasteiger partial charge in [-0.15, -0.1) is 0 Å². The molecule has 1 aliphatic heterocycles. The highest BCUT2D eigenvalue weighted by Gasteiger charge is 2.18. The molecule has 0 spiro atoms. The summed E-state index contributed by atoms with van der Waals surface area (Å²) in [6.07, 6.45) is 4.34. The number of carboxylic acid groups (broad SMARTS) is 1. The molecule has 1 fully saturated rings. The molecule has 0 aliphatic carbocycles. The van der Waals surface area contributed by atoms with E-state index in [0.717, 1.165) is 35.8 Å². The van der Waals surface area contributed by atoms with Gasteiger partial charge in [-0.3, -0.25) is 4.79 Å². The molecular formula is C17H22N4O2. The largest absolute Gasteiger partial charge is 0.481 e. The number of carboxylic acids is 1. The second kappa shape index (κ2) is 7.26. The number of carbonyl (C=O) groups is 1. The lowest BCUT2D eigenvalue weighted by molar-refractivity contribution is -0.137. The molecule has 2 N–H and O–H groups in total. The standard InChI is InChI=1S/C17H22N4O2/c22-15(23)9-6-10-18-16-17(21-11-4-1-5-12-21)20-14-8-3-2-7-13(14)19-16/h2-3,7-8H,1,4-6,9-12H2,(H,18,19)(H,22,23). The fourth-order valence-corrected chi connectivity index (χ4v) is 2.88. The number of nitrogens with zero attached hydrogens (tertiary/aromatic N) is 3. The van der Waals surface area contributed by atoms with E-state index < -0.39 is 5.97 Å². The Kier molecular flexibility index (Phi) is 4.90. The van der Waals surface area contributed by atoms with E-state index in [1.807, 2.05) is 24.3 Å². The van der Waals surface area contributed by atoms with Crippen molar-refractivity contribution in [2.75, 3.05) is 29.9 Å². The quantitative estimate of drug-likeness (QED) is 0.798. The lowest BCUT2D eigenvalue weighted by Gasteiger charge is -2.29. The Morgan fingerprint density at radius 1 is 1.13 bits per heavy atom. The zero-order valence-electron chi connectivity index (χ0n) is 13.2. The second-order valence-electron chi connectivity index (χ2n) is 5.86. The minimum Gasteiger partial charge on any atom is -0.481 e. The number of aromatic nitrogens is 2. The first-order valence-corrected chi connectivity index (χ1v) is 8.21. The van der Waals surface area contributed by atoms with Gasteiger partial charge in [0, 0.05) is 26.1 Å². The molecule has 0 unspecified atom stereocenters. The van der Waals surface area contributed by atoms with E-state index in [4.69, 9.17) is 15.1 Å². The molecule has 6 heteroatoms. The predicted octanol–water partition coefficient (Wildman–Crippen LogP) is 2.90. The molecule has 1 saturated heterocycles. The van der Waals surface area contributed by atoms with Crippen molar-refractivity contribution in [1.29, 1.82) is 0 Å². The van der Waals surface area contributed by atoms with Gasteiger partial charge in [0.15, 0.2) is 11.6 Å². The molecule has 0 atom stereocenters. The molecule has 23 heavy (non-hydrogen) atoms. The Morgan fingerprint density at radius 3 is 2.52 bits per heavy atom. The van der Waals surface area contributed by atoms with Crippen LogP contribution >= 0.6 is 0 Å². The van der Waals surface area contributed by atoms with E-state index in [0.29, 0.717) is 13.0 Å². The van der Waals surface area contributed by atoms with E-state index in [9.17, 15) is 4.79 Å². The van der Waals surface area contributed by atoms with Gasteiger partial charge < -0.3 is 15.3 Å². The van der Waals surface area contributed by atoms with E-state index in [2.05, 4.69) is 10.2 Å². The number of nitrogens with one attached hydrogen (secondary N) is 1. The molecule has 0 saturated carbocycles. The van der Waals surface area contributed by atoms with E-state index >= 15 is 0 Å². The van der Waals surface area contributed by atoms with Gasteiger partial charge in [0.2, 0.25) is 0 Å². The molecule has 1 aliphatic rings. The first-order chi connectivity index (χ1) is 11.2. The van der Waals surface area contributed by atoms with Crippen molar-refractivity contribution in [3.63, 3.8) is 0 Å². The number of hydrogen-bond acceptors (Lipinski definition) is 5. The molecule has 1 aromatic carbocycles. The lowest BCUT2D eigenvalue weighted by Crippen LogP contribution is -2.31. The highest BCUT2D eigenvalue weighted by Crippen LogP contribution is 2.27. The minimum absolute atomic E-state index is 0.160. The minimum atomic E-state index is -0.771. The van der Waals surface area contributed by atoms with Crippen LogP contribution in [0.15, 0.2) is 24.3 Å². The van der Waals surface area contributed by atoms with E-state index in [1.165, 1.54) is 19.3 Å².